The molecule has 0 aromatic heterocycles. The van der Waals surface area contributed by atoms with Gasteiger partial charge in [0.25, 0.3) is 0 Å². The first kappa shape index (κ1) is 21.0. The van der Waals surface area contributed by atoms with E-state index in [-0.39, 0.29) is 39.9 Å². The number of hydrogen-bond donors (Lipinski definition) is 0. The van der Waals surface area contributed by atoms with Gasteiger partial charge < -0.3 is 0 Å². The Kier molecular flexibility index (Phi) is 8.05. The van der Waals surface area contributed by atoms with Crippen LogP contribution in [0.25, 0.3) is 0 Å². The molecule has 0 amide bonds. The van der Waals surface area contributed by atoms with Crippen molar-refractivity contribution < 1.29 is 39.9 Å². The van der Waals surface area contributed by atoms with Crippen molar-refractivity contribution in [3.63, 3.8) is 0 Å². The van der Waals surface area contributed by atoms with Crippen molar-refractivity contribution in [1.29, 1.82) is 0 Å². The minimum Gasteiger partial charge on any atom is -0.196 e. The molecule has 1 heteroatoms. The van der Waals surface area contributed by atoms with E-state index in [9.17, 15) is 0 Å². The molecule has 0 spiro atoms. The molecule has 2 aromatic rings. The zero-order valence-electron chi connectivity index (χ0n) is 15.5. The zero-order chi connectivity index (χ0) is 15.8. The van der Waals surface area contributed by atoms with Gasteiger partial charge in [0, 0.05) is 0 Å². The minimum absolute atomic E-state index is 0. The Morgan fingerprint density at radius 3 is 0.619 bits per heavy atom. The average Bonchev–Trinajstić information content (AvgIpc) is 2.71. The molecule has 0 aliphatic rings. The Bertz CT molecular complexity index is 404. The second kappa shape index (κ2) is 8.04. The molecule has 0 fully saturated rings. The maximum atomic E-state index is 2.20. The largest absolute Gasteiger partial charge is 2.00 e. The van der Waals surface area contributed by atoms with E-state index in [0.717, 1.165) is 0 Å². The molecule has 21 heavy (non-hydrogen) atoms. The van der Waals surface area contributed by atoms with E-state index in [1.54, 1.807) is 0 Å². The van der Waals surface area contributed by atoms with Crippen LogP contribution in [0.5, 0.6) is 0 Å². The molecule has 0 unspecified atom stereocenters. The first-order valence-electron chi connectivity index (χ1n) is 7.50. The molecule has 0 atom stereocenters. The molecule has 2 aromatic carbocycles. The SMILES string of the molecule is Cc1c(C)c(C)[c-](C)c1C.Cc1c(C)c(C)[c-](C)c1C.[Th+2]. The second-order valence-corrected chi connectivity index (χ2v) is 6.25. The van der Waals surface area contributed by atoms with Gasteiger partial charge in [-0.05, 0) is 0 Å². The van der Waals surface area contributed by atoms with Crippen molar-refractivity contribution in [2.24, 2.45) is 0 Å². The van der Waals surface area contributed by atoms with Gasteiger partial charge >= 0.3 is 39.9 Å². The van der Waals surface area contributed by atoms with Crippen molar-refractivity contribution in [2.75, 3.05) is 0 Å². The van der Waals surface area contributed by atoms with Gasteiger partial charge in [0.15, 0.2) is 0 Å². The quantitative estimate of drug-likeness (QED) is 0.394. The summed E-state index contributed by atoms with van der Waals surface area (Å²) in [7, 11) is 0. The van der Waals surface area contributed by atoms with Crippen LogP contribution in [0.15, 0.2) is 0 Å². The Balaban J connectivity index is 0.000000364. The molecule has 0 saturated heterocycles. The summed E-state index contributed by atoms with van der Waals surface area (Å²) in [5.41, 5.74) is 14.7. The Morgan fingerprint density at radius 1 is 0.429 bits per heavy atom. The topological polar surface area (TPSA) is 0 Å². The first-order chi connectivity index (χ1) is 9.11. The Hall–Kier alpha value is 0.0247. The molecule has 0 nitrogen and oxygen atoms in total. The number of rotatable bonds is 0. The van der Waals surface area contributed by atoms with Crippen LogP contribution >= 0.6 is 0 Å². The van der Waals surface area contributed by atoms with Crippen molar-refractivity contribution >= 4 is 0 Å². The van der Waals surface area contributed by atoms with E-state index in [1.807, 2.05) is 0 Å². The van der Waals surface area contributed by atoms with Gasteiger partial charge in [-0.3, -0.25) is 0 Å². The minimum atomic E-state index is 0. The molecule has 0 aliphatic carbocycles. The maximum Gasteiger partial charge on any atom is 2.00 e. The predicted octanol–water partition coefficient (Wildman–Crippen LogP) is 5.90. The van der Waals surface area contributed by atoms with E-state index >= 15 is 0 Å². The third-order valence-corrected chi connectivity index (χ3v) is 5.62. The van der Waals surface area contributed by atoms with Crippen molar-refractivity contribution in [2.45, 2.75) is 69.2 Å². The van der Waals surface area contributed by atoms with E-state index in [0.29, 0.717) is 0 Å². The molecule has 0 bridgehead atoms. The summed E-state index contributed by atoms with van der Waals surface area (Å²) in [5.74, 6) is 0. The molecule has 114 valence electrons. The normalized spacial score (nSPS) is 10.0. The summed E-state index contributed by atoms with van der Waals surface area (Å²) in [4.78, 5) is 0. The van der Waals surface area contributed by atoms with Crippen LogP contribution in [-0.4, -0.2) is 0 Å². The summed E-state index contributed by atoms with van der Waals surface area (Å²) < 4.78 is 0. The first-order valence-corrected chi connectivity index (χ1v) is 7.50. The number of hydrogen-bond acceptors (Lipinski definition) is 0. The molecule has 0 saturated carbocycles. The van der Waals surface area contributed by atoms with Crippen molar-refractivity contribution in [3.05, 3.63) is 55.6 Å². The zero-order valence-corrected chi connectivity index (χ0v) is 19.6. The molecule has 0 aliphatic heterocycles. The van der Waals surface area contributed by atoms with E-state index in [1.165, 1.54) is 55.6 Å². The molecular weight excluding hydrogens is 472 g/mol. The van der Waals surface area contributed by atoms with Crippen LogP contribution < -0.4 is 0 Å². The van der Waals surface area contributed by atoms with Gasteiger partial charge in [-0.25, -0.2) is 0 Å². The van der Waals surface area contributed by atoms with Crippen LogP contribution in [0.2, 0.25) is 0 Å². The molecule has 2 rings (SSSR count). The standard InChI is InChI=1S/2C10H15.Th/c2*1-6-7(2)9(4)10(5)8(6)3;/h2*1-5H3;/q2*-1;+2. The van der Waals surface area contributed by atoms with Crippen molar-refractivity contribution in [3.8, 4) is 0 Å². The van der Waals surface area contributed by atoms with E-state index in [2.05, 4.69) is 69.2 Å². The van der Waals surface area contributed by atoms with Crippen LogP contribution in [0, 0.1) is 109 Å². The van der Waals surface area contributed by atoms with E-state index < -0.39 is 0 Å². The van der Waals surface area contributed by atoms with Gasteiger partial charge in [0.05, 0.1) is 0 Å². The fourth-order valence-electron chi connectivity index (χ4n) is 2.81. The Labute approximate surface area is 163 Å². The van der Waals surface area contributed by atoms with Gasteiger partial charge in [0.1, 0.15) is 0 Å². The third-order valence-electron chi connectivity index (χ3n) is 5.62. The molecule has 0 N–H and O–H groups in total. The van der Waals surface area contributed by atoms with Gasteiger partial charge in [-0.15, -0.1) is 0 Å². The summed E-state index contributed by atoms with van der Waals surface area (Å²) in [6, 6.07) is 0. The van der Waals surface area contributed by atoms with Crippen LogP contribution in [0.3, 0.4) is 0 Å². The van der Waals surface area contributed by atoms with Crippen LogP contribution in [-0.2, 0) is 0 Å². The third kappa shape index (κ3) is 4.06. The molecule has 0 radical (unpaired) electrons. The van der Waals surface area contributed by atoms with Crippen LogP contribution in [0.4, 0.5) is 0 Å². The monoisotopic (exact) mass is 502 g/mol. The fraction of sp³-hybridized carbons (Fsp3) is 0.500. The summed E-state index contributed by atoms with van der Waals surface area (Å²) in [6.45, 7) is 22.0. The average molecular weight is 502 g/mol. The van der Waals surface area contributed by atoms with E-state index in [4.69, 9.17) is 0 Å². The Morgan fingerprint density at radius 2 is 0.571 bits per heavy atom. The fourth-order valence-corrected chi connectivity index (χ4v) is 2.81. The smallest absolute Gasteiger partial charge is 0.196 e. The van der Waals surface area contributed by atoms with Gasteiger partial charge in [0.2, 0.25) is 0 Å². The summed E-state index contributed by atoms with van der Waals surface area (Å²) in [5, 5.41) is 0. The maximum absolute atomic E-state index is 2.20. The second-order valence-electron chi connectivity index (χ2n) is 6.25. The molecule has 0 heterocycles. The summed E-state index contributed by atoms with van der Waals surface area (Å²) in [6.07, 6.45) is 0. The summed E-state index contributed by atoms with van der Waals surface area (Å²) >= 11 is 0. The van der Waals surface area contributed by atoms with Gasteiger partial charge in [-0.1, -0.05) is 69.2 Å². The van der Waals surface area contributed by atoms with Crippen molar-refractivity contribution in [1.82, 2.24) is 0 Å². The molecular formula is C20H30Th. The predicted molar refractivity (Wildman–Crippen MR) is 91.4 cm³/mol. The van der Waals surface area contributed by atoms with Gasteiger partial charge in [-0.2, -0.15) is 55.6 Å². The van der Waals surface area contributed by atoms with Crippen LogP contribution in [0.1, 0.15) is 55.6 Å².